The summed E-state index contributed by atoms with van der Waals surface area (Å²) >= 11 is 0. The maximum absolute atomic E-state index is 11.5. The number of carboxylic acid groups (broad SMARTS) is 1. The zero-order valence-electron chi connectivity index (χ0n) is 22.6. The molecular formula is C37H27NO4. The Kier molecular flexibility index (Phi) is 5.48. The first kappa shape index (κ1) is 24.8. The van der Waals surface area contributed by atoms with Crippen LogP contribution in [-0.4, -0.2) is 25.9 Å². The fourth-order valence-electron chi connectivity index (χ4n) is 6.90. The number of benzene rings is 6. The van der Waals surface area contributed by atoms with Crippen LogP contribution in [0.4, 0.5) is 0 Å². The van der Waals surface area contributed by atoms with Crippen LogP contribution in [0.2, 0.25) is 0 Å². The average Bonchev–Trinajstić information content (AvgIpc) is 3.47. The Hall–Kier alpha value is -4.97. The van der Waals surface area contributed by atoms with Crippen molar-refractivity contribution in [2.45, 2.75) is 18.6 Å². The molecule has 6 aromatic carbocycles. The van der Waals surface area contributed by atoms with Crippen molar-refractivity contribution < 1.29 is 20.1 Å². The van der Waals surface area contributed by atoms with Crippen LogP contribution in [0, 0.1) is 5.92 Å². The molecule has 3 atom stereocenters. The molecule has 1 aliphatic rings. The van der Waals surface area contributed by atoms with Crippen molar-refractivity contribution in [1.29, 1.82) is 0 Å². The van der Waals surface area contributed by atoms with E-state index in [9.17, 15) is 20.1 Å². The molecule has 3 N–H and O–H groups in total. The number of rotatable bonds is 4. The van der Waals surface area contributed by atoms with Crippen LogP contribution in [0.3, 0.4) is 0 Å². The minimum absolute atomic E-state index is 0.107. The van der Waals surface area contributed by atoms with Gasteiger partial charge in [-0.05, 0) is 75.7 Å². The van der Waals surface area contributed by atoms with E-state index in [0.717, 1.165) is 33.1 Å². The van der Waals surface area contributed by atoms with Crippen molar-refractivity contribution in [1.82, 2.24) is 4.57 Å². The van der Waals surface area contributed by atoms with Gasteiger partial charge in [-0.3, -0.25) is 0 Å². The van der Waals surface area contributed by atoms with E-state index in [0.29, 0.717) is 17.5 Å². The van der Waals surface area contributed by atoms with Crippen LogP contribution in [0.1, 0.15) is 39.3 Å². The number of aromatic nitrogens is 1. The van der Waals surface area contributed by atoms with Crippen LogP contribution in [0.25, 0.3) is 49.0 Å². The third-order valence-electron chi connectivity index (χ3n) is 8.96. The van der Waals surface area contributed by atoms with E-state index in [1.54, 1.807) is 6.07 Å². The minimum Gasteiger partial charge on any atom is -0.478 e. The lowest BCUT2D eigenvalue weighted by atomic mass is 9.92. The molecule has 1 aromatic heterocycles. The molecule has 0 spiro atoms. The summed E-state index contributed by atoms with van der Waals surface area (Å²) in [6.45, 7) is 0. The molecule has 0 radical (unpaired) electrons. The van der Waals surface area contributed by atoms with Gasteiger partial charge in [0.15, 0.2) is 0 Å². The quantitative estimate of drug-likeness (QED) is 0.210. The molecule has 0 bridgehead atoms. The highest BCUT2D eigenvalue weighted by Gasteiger charge is 2.39. The lowest BCUT2D eigenvalue weighted by Gasteiger charge is -2.19. The van der Waals surface area contributed by atoms with Crippen LogP contribution in [-0.2, 0) is 6.42 Å². The highest BCUT2D eigenvalue weighted by molar-refractivity contribution is 6.18. The van der Waals surface area contributed by atoms with Gasteiger partial charge in [0, 0.05) is 27.8 Å². The molecule has 5 heteroatoms. The third-order valence-corrected chi connectivity index (χ3v) is 8.96. The van der Waals surface area contributed by atoms with E-state index in [4.69, 9.17) is 0 Å². The normalized spacial score (nSPS) is 18.3. The summed E-state index contributed by atoms with van der Waals surface area (Å²) in [4.78, 5) is 11.5. The zero-order chi connectivity index (χ0) is 28.5. The number of nitrogens with zero attached hydrogens (tertiary/aromatic N) is 1. The predicted molar refractivity (Wildman–Crippen MR) is 166 cm³/mol. The number of carbonyl (C=O) groups is 1. The number of aliphatic hydroxyl groups excluding tert-OH is 2. The molecule has 1 aliphatic carbocycles. The second-order valence-corrected chi connectivity index (χ2v) is 11.3. The summed E-state index contributed by atoms with van der Waals surface area (Å²) in [6.07, 6.45) is -1.38. The summed E-state index contributed by atoms with van der Waals surface area (Å²) in [6, 6.07) is 38.7. The van der Waals surface area contributed by atoms with Crippen LogP contribution < -0.4 is 0 Å². The standard InChI is InChI=1S/C37H27NO4/c39-35-29-15-12-25(37(41)42)20-31(29)36(40)32(35)18-21-9-16-33-30(17-21)28-14-11-23-6-3-4-8-27(23)34(28)38(33)26-13-10-22-5-1-2-7-24(22)19-26/h1-17,19-20,32,35-36,39-40H,18H2,(H,41,42). The number of hydrogen-bond acceptors (Lipinski definition) is 3. The SMILES string of the molecule is O=C(O)c1ccc2c(c1)C(O)C(Cc1ccc3c(c1)c1ccc4ccccc4c1n3-c1ccc3ccccc3c1)C2O. The van der Waals surface area contributed by atoms with Crippen LogP contribution in [0.15, 0.2) is 115 Å². The van der Waals surface area contributed by atoms with Gasteiger partial charge in [-0.25, -0.2) is 4.79 Å². The van der Waals surface area contributed by atoms with Crippen molar-refractivity contribution in [3.05, 3.63) is 138 Å². The van der Waals surface area contributed by atoms with E-state index in [1.165, 1.54) is 33.7 Å². The molecule has 0 fully saturated rings. The second-order valence-electron chi connectivity index (χ2n) is 11.3. The fourth-order valence-corrected chi connectivity index (χ4v) is 6.90. The molecule has 1 heterocycles. The van der Waals surface area contributed by atoms with Crippen molar-refractivity contribution >= 4 is 49.3 Å². The van der Waals surface area contributed by atoms with Gasteiger partial charge in [-0.15, -0.1) is 0 Å². The molecule has 0 aliphatic heterocycles. The molecule has 3 unspecified atom stereocenters. The second kappa shape index (κ2) is 9.28. The monoisotopic (exact) mass is 549 g/mol. The largest absolute Gasteiger partial charge is 0.478 e. The highest BCUT2D eigenvalue weighted by Crippen LogP contribution is 2.46. The first-order valence-corrected chi connectivity index (χ1v) is 14.2. The number of hydrogen-bond donors (Lipinski definition) is 3. The molecule has 0 amide bonds. The number of fused-ring (bicyclic) bond motifs is 7. The van der Waals surface area contributed by atoms with Gasteiger partial charge in [0.1, 0.15) is 0 Å². The Bertz CT molecular complexity index is 2210. The Morgan fingerprint density at radius 3 is 2.21 bits per heavy atom. The number of aliphatic hydroxyl groups is 2. The highest BCUT2D eigenvalue weighted by atomic mass is 16.4. The van der Waals surface area contributed by atoms with E-state index in [-0.39, 0.29) is 5.56 Å². The van der Waals surface area contributed by atoms with Crippen LogP contribution in [0.5, 0.6) is 0 Å². The van der Waals surface area contributed by atoms with Gasteiger partial charge < -0.3 is 19.9 Å². The first-order chi connectivity index (χ1) is 20.5. The van der Waals surface area contributed by atoms with Crippen molar-refractivity contribution in [3.63, 3.8) is 0 Å². The lowest BCUT2D eigenvalue weighted by Crippen LogP contribution is -2.15. The van der Waals surface area contributed by atoms with Gasteiger partial charge in [-0.2, -0.15) is 0 Å². The lowest BCUT2D eigenvalue weighted by molar-refractivity contribution is 0.0350. The van der Waals surface area contributed by atoms with E-state index in [2.05, 4.69) is 102 Å². The van der Waals surface area contributed by atoms with Crippen LogP contribution >= 0.6 is 0 Å². The van der Waals surface area contributed by atoms with Crippen molar-refractivity contribution in [2.75, 3.05) is 0 Å². The van der Waals surface area contributed by atoms with Gasteiger partial charge in [0.25, 0.3) is 0 Å². The molecule has 204 valence electrons. The maximum atomic E-state index is 11.5. The predicted octanol–water partition coefficient (Wildman–Crippen LogP) is 7.73. The van der Waals surface area contributed by atoms with Crippen molar-refractivity contribution in [2.24, 2.45) is 5.92 Å². The smallest absolute Gasteiger partial charge is 0.335 e. The number of aromatic carboxylic acids is 1. The topological polar surface area (TPSA) is 82.7 Å². The van der Waals surface area contributed by atoms with Crippen molar-refractivity contribution in [3.8, 4) is 5.69 Å². The Labute approximate surface area is 241 Å². The van der Waals surface area contributed by atoms with E-state index >= 15 is 0 Å². The minimum atomic E-state index is -1.05. The third kappa shape index (κ3) is 3.68. The van der Waals surface area contributed by atoms with E-state index < -0.39 is 24.1 Å². The summed E-state index contributed by atoms with van der Waals surface area (Å²) in [5.41, 5.74) is 5.51. The average molecular weight is 550 g/mol. The summed E-state index contributed by atoms with van der Waals surface area (Å²) in [5.74, 6) is -1.53. The molecular weight excluding hydrogens is 522 g/mol. The summed E-state index contributed by atoms with van der Waals surface area (Å²) < 4.78 is 2.34. The molecule has 7 aromatic rings. The molecule has 0 saturated carbocycles. The fraction of sp³-hybridized carbons (Fsp3) is 0.108. The summed E-state index contributed by atoms with van der Waals surface area (Å²) in [7, 11) is 0. The molecule has 8 rings (SSSR count). The Morgan fingerprint density at radius 2 is 1.38 bits per heavy atom. The van der Waals surface area contributed by atoms with Gasteiger partial charge in [-0.1, -0.05) is 78.9 Å². The van der Waals surface area contributed by atoms with Gasteiger partial charge in [0.2, 0.25) is 0 Å². The number of carboxylic acids is 1. The van der Waals surface area contributed by atoms with Gasteiger partial charge >= 0.3 is 5.97 Å². The first-order valence-electron chi connectivity index (χ1n) is 14.2. The molecule has 42 heavy (non-hydrogen) atoms. The van der Waals surface area contributed by atoms with E-state index in [1.807, 2.05) is 0 Å². The zero-order valence-corrected chi connectivity index (χ0v) is 22.6. The Morgan fingerprint density at radius 1 is 0.643 bits per heavy atom. The molecule has 0 saturated heterocycles. The maximum Gasteiger partial charge on any atom is 0.335 e. The summed E-state index contributed by atoms with van der Waals surface area (Å²) in [5, 5.41) is 38.7. The van der Waals surface area contributed by atoms with Gasteiger partial charge in [0.05, 0.1) is 28.8 Å². The molecule has 5 nitrogen and oxygen atoms in total. The Balaban J connectivity index is 1.29.